The molecule has 15 heavy (non-hydrogen) atoms. The van der Waals surface area contributed by atoms with E-state index in [1.54, 1.807) is 0 Å². The largest absolute Gasteiger partial charge is 0.198 e. The van der Waals surface area contributed by atoms with Gasteiger partial charge in [-0.1, -0.05) is 36.3 Å². The zero-order chi connectivity index (χ0) is 10.7. The number of nitriles is 1. The molecule has 0 bridgehead atoms. The molecule has 0 unspecified atom stereocenters. The summed E-state index contributed by atoms with van der Waals surface area (Å²) in [5.41, 5.74) is 1.93. The molecule has 1 heteroatoms. The van der Waals surface area contributed by atoms with Crippen LogP contribution in [0, 0.1) is 23.7 Å². The Hall–Kier alpha value is -2.25. The van der Waals surface area contributed by atoms with Crippen molar-refractivity contribution in [3.8, 4) is 18.4 Å². The van der Waals surface area contributed by atoms with Gasteiger partial charge in [-0.25, -0.2) is 0 Å². The van der Waals surface area contributed by atoms with Crippen molar-refractivity contribution in [1.29, 1.82) is 5.26 Å². The second-order valence-electron chi connectivity index (χ2n) is 3.34. The molecule has 0 aliphatic carbocycles. The van der Waals surface area contributed by atoms with Gasteiger partial charge in [0, 0.05) is 5.56 Å². The second-order valence-corrected chi connectivity index (χ2v) is 3.34. The van der Waals surface area contributed by atoms with Gasteiger partial charge >= 0.3 is 0 Å². The Balaban J connectivity index is 2.66. The number of rotatable bonds is 1. The fourth-order valence-electron chi connectivity index (χ4n) is 1.66. The highest BCUT2D eigenvalue weighted by molar-refractivity contribution is 5.88. The molecular formula is C14H9N. The SMILES string of the molecule is C#Cc1cccc2cc(CC#N)ccc12. The van der Waals surface area contributed by atoms with Crippen molar-refractivity contribution in [3.63, 3.8) is 0 Å². The van der Waals surface area contributed by atoms with Crippen molar-refractivity contribution in [1.82, 2.24) is 0 Å². The number of hydrogen-bond acceptors (Lipinski definition) is 1. The van der Waals surface area contributed by atoms with E-state index in [1.807, 2.05) is 36.4 Å². The van der Waals surface area contributed by atoms with Gasteiger partial charge < -0.3 is 0 Å². The van der Waals surface area contributed by atoms with Gasteiger partial charge in [0.05, 0.1) is 12.5 Å². The Morgan fingerprint density at radius 1 is 1.20 bits per heavy atom. The van der Waals surface area contributed by atoms with Crippen LogP contribution in [0.25, 0.3) is 10.8 Å². The van der Waals surface area contributed by atoms with Crippen LogP contribution in [0.3, 0.4) is 0 Å². The fourth-order valence-corrected chi connectivity index (χ4v) is 1.66. The quantitative estimate of drug-likeness (QED) is 0.636. The average Bonchev–Trinajstić information content (AvgIpc) is 2.28. The minimum absolute atomic E-state index is 0.441. The third-order valence-corrected chi connectivity index (χ3v) is 2.38. The summed E-state index contributed by atoms with van der Waals surface area (Å²) in [6.45, 7) is 0. The van der Waals surface area contributed by atoms with Gasteiger partial charge in [0.15, 0.2) is 0 Å². The van der Waals surface area contributed by atoms with Crippen molar-refractivity contribution in [2.75, 3.05) is 0 Å². The molecule has 2 aromatic rings. The van der Waals surface area contributed by atoms with Crippen molar-refractivity contribution in [2.45, 2.75) is 6.42 Å². The first kappa shape index (κ1) is 9.31. The van der Waals surface area contributed by atoms with E-state index in [-0.39, 0.29) is 0 Å². The van der Waals surface area contributed by atoms with Crippen LogP contribution in [0.4, 0.5) is 0 Å². The Morgan fingerprint density at radius 3 is 2.80 bits per heavy atom. The second kappa shape index (κ2) is 3.86. The topological polar surface area (TPSA) is 23.8 Å². The molecule has 0 aliphatic rings. The first-order chi connectivity index (χ1) is 7.35. The maximum atomic E-state index is 8.61. The number of nitrogens with zero attached hydrogens (tertiary/aromatic N) is 1. The van der Waals surface area contributed by atoms with Crippen molar-refractivity contribution in [3.05, 3.63) is 47.5 Å². The fraction of sp³-hybridized carbons (Fsp3) is 0.0714. The van der Waals surface area contributed by atoms with Crippen LogP contribution >= 0.6 is 0 Å². The molecule has 2 rings (SSSR count). The standard InChI is InChI=1S/C14H9N/c1-2-12-4-3-5-13-10-11(8-9-15)6-7-14(12)13/h1,3-7,10H,8H2. The highest BCUT2D eigenvalue weighted by atomic mass is 14.2. The van der Waals surface area contributed by atoms with Gasteiger partial charge in [-0.15, -0.1) is 6.42 Å². The average molecular weight is 191 g/mol. The predicted molar refractivity (Wildman–Crippen MR) is 61.2 cm³/mol. The van der Waals surface area contributed by atoms with E-state index in [1.165, 1.54) is 0 Å². The first-order valence-corrected chi connectivity index (χ1v) is 4.70. The third-order valence-electron chi connectivity index (χ3n) is 2.38. The van der Waals surface area contributed by atoms with Crippen molar-refractivity contribution < 1.29 is 0 Å². The van der Waals surface area contributed by atoms with Crippen LogP contribution in [-0.4, -0.2) is 0 Å². The summed E-state index contributed by atoms with van der Waals surface area (Å²) in [6.07, 6.45) is 5.85. The number of terminal acetylenes is 1. The van der Waals surface area contributed by atoms with E-state index in [2.05, 4.69) is 12.0 Å². The zero-order valence-electron chi connectivity index (χ0n) is 8.20. The highest BCUT2D eigenvalue weighted by Gasteiger charge is 1.99. The van der Waals surface area contributed by atoms with Crippen LogP contribution in [0.1, 0.15) is 11.1 Å². The molecule has 0 amide bonds. The molecule has 0 N–H and O–H groups in total. The molecule has 0 saturated carbocycles. The van der Waals surface area contributed by atoms with Gasteiger partial charge in [-0.2, -0.15) is 5.26 Å². The first-order valence-electron chi connectivity index (χ1n) is 4.70. The summed E-state index contributed by atoms with van der Waals surface area (Å²) in [5.74, 6) is 2.66. The molecule has 0 saturated heterocycles. The van der Waals surface area contributed by atoms with Crippen LogP contribution in [-0.2, 0) is 6.42 Å². The molecule has 0 aliphatic heterocycles. The molecule has 70 valence electrons. The van der Waals surface area contributed by atoms with Crippen LogP contribution in [0.5, 0.6) is 0 Å². The van der Waals surface area contributed by atoms with Gasteiger partial charge in [0.25, 0.3) is 0 Å². The van der Waals surface area contributed by atoms with Crippen molar-refractivity contribution in [2.24, 2.45) is 0 Å². The number of hydrogen-bond donors (Lipinski definition) is 0. The molecule has 0 spiro atoms. The molecule has 1 nitrogen and oxygen atoms in total. The summed E-state index contributed by atoms with van der Waals surface area (Å²) < 4.78 is 0. The van der Waals surface area contributed by atoms with E-state index >= 15 is 0 Å². The Labute approximate surface area is 89.0 Å². The molecule has 0 heterocycles. The van der Waals surface area contributed by atoms with E-state index in [9.17, 15) is 0 Å². The summed E-state index contributed by atoms with van der Waals surface area (Å²) in [5, 5.41) is 10.8. The predicted octanol–water partition coefficient (Wildman–Crippen LogP) is 2.89. The van der Waals surface area contributed by atoms with Gasteiger partial charge in [-0.3, -0.25) is 0 Å². The minimum atomic E-state index is 0.441. The third kappa shape index (κ3) is 1.68. The number of benzene rings is 2. The Kier molecular flexibility index (Phi) is 2.40. The summed E-state index contributed by atoms with van der Waals surface area (Å²) in [4.78, 5) is 0. The maximum Gasteiger partial charge on any atom is 0.0669 e. The smallest absolute Gasteiger partial charge is 0.0669 e. The lowest BCUT2D eigenvalue weighted by Crippen LogP contribution is -1.84. The summed E-state index contributed by atoms with van der Waals surface area (Å²) >= 11 is 0. The van der Waals surface area contributed by atoms with Crippen LogP contribution < -0.4 is 0 Å². The molecule has 0 atom stereocenters. The molecular weight excluding hydrogens is 182 g/mol. The minimum Gasteiger partial charge on any atom is -0.198 e. The number of fused-ring (bicyclic) bond motifs is 1. The Bertz CT molecular complexity index is 582. The van der Waals surface area contributed by atoms with E-state index in [4.69, 9.17) is 11.7 Å². The highest BCUT2D eigenvalue weighted by Crippen LogP contribution is 2.19. The molecule has 2 aromatic carbocycles. The van der Waals surface area contributed by atoms with Gasteiger partial charge in [0.2, 0.25) is 0 Å². The zero-order valence-corrected chi connectivity index (χ0v) is 8.20. The lowest BCUT2D eigenvalue weighted by Gasteiger charge is -2.02. The van der Waals surface area contributed by atoms with E-state index in [0.717, 1.165) is 21.9 Å². The van der Waals surface area contributed by atoms with E-state index in [0.29, 0.717) is 6.42 Å². The molecule has 0 aromatic heterocycles. The molecule has 0 fully saturated rings. The van der Waals surface area contributed by atoms with Crippen molar-refractivity contribution >= 4 is 10.8 Å². The normalized spacial score (nSPS) is 9.47. The maximum absolute atomic E-state index is 8.61. The summed E-state index contributed by atoms with van der Waals surface area (Å²) in [6, 6.07) is 14.0. The van der Waals surface area contributed by atoms with E-state index < -0.39 is 0 Å². The van der Waals surface area contributed by atoms with Gasteiger partial charge in [-0.05, 0) is 22.4 Å². The summed E-state index contributed by atoms with van der Waals surface area (Å²) in [7, 11) is 0. The van der Waals surface area contributed by atoms with Gasteiger partial charge in [0.1, 0.15) is 0 Å². The lowest BCUT2D eigenvalue weighted by atomic mass is 10.0. The van der Waals surface area contributed by atoms with Crippen LogP contribution in [0.15, 0.2) is 36.4 Å². The lowest BCUT2D eigenvalue weighted by molar-refractivity contribution is 1.27. The van der Waals surface area contributed by atoms with Crippen LogP contribution in [0.2, 0.25) is 0 Å². The molecule has 0 radical (unpaired) electrons. The Morgan fingerprint density at radius 2 is 2.07 bits per heavy atom. The monoisotopic (exact) mass is 191 g/mol.